The van der Waals surface area contributed by atoms with Gasteiger partial charge in [0.05, 0.1) is 50.7 Å². The normalized spacial score (nSPS) is 11.6. The molecule has 8 heteroatoms. The maximum atomic E-state index is 9.95. The number of nitriles is 1. The molecule has 4 heterocycles. The Morgan fingerprint density at radius 2 is 0.985 bits per heavy atom. The molecule has 0 amide bonds. The molecule has 0 aliphatic carbocycles. The Morgan fingerprint density at radius 3 is 1.69 bits per heavy atom. The van der Waals surface area contributed by atoms with Crippen LogP contribution in [-0.2, 0) is 0 Å². The van der Waals surface area contributed by atoms with Gasteiger partial charge in [-0.25, -0.2) is 19.8 Å². The second-order valence-electron chi connectivity index (χ2n) is 16.6. The summed E-state index contributed by atoms with van der Waals surface area (Å²) in [6.45, 7) is 7.78. The van der Waals surface area contributed by atoms with Gasteiger partial charge in [0.2, 0.25) is 0 Å². The smallest absolute Gasteiger partial charge is 0.188 e. The van der Waals surface area contributed by atoms with Crippen molar-refractivity contribution in [2.45, 2.75) is 0 Å². The van der Waals surface area contributed by atoms with E-state index in [0.29, 0.717) is 28.7 Å². The minimum Gasteiger partial charge on any atom is -0.309 e. The van der Waals surface area contributed by atoms with Gasteiger partial charge in [0, 0.05) is 59.6 Å². The van der Waals surface area contributed by atoms with E-state index in [-0.39, 0.29) is 0 Å². The number of thiophene rings is 1. The third-order valence-corrected chi connectivity index (χ3v) is 14.1. The van der Waals surface area contributed by atoms with Crippen LogP contribution in [0.4, 0.5) is 5.69 Å². The number of aromatic nitrogens is 5. The van der Waals surface area contributed by atoms with Crippen LogP contribution in [-0.4, -0.2) is 24.1 Å². The first-order chi connectivity index (χ1) is 33.1. The zero-order valence-corrected chi connectivity index (χ0v) is 36.4. The molecule has 13 aromatic rings. The highest BCUT2D eigenvalue weighted by atomic mass is 32.1. The summed E-state index contributed by atoms with van der Waals surface area (Å²) in [5.74, 6) is 1.80. The lowest BCUT2D eigenvalue weighted by molar-refractivity contribution is 1.07. The fraction of sp³-hybridized carbons (Fsp3) is 0. The zero-order valence-electron chi connectivity index (χ0n) is 35.6. The predicted molar refractivity (Wildman–Crippen MR) is 274 cm³/mol. The minimum atomic E-state index is 0.587. The Kier molecular flexibility index (Phi) is 8.69. The molecule has 0 spiro atoms. The van der Waals surface area contributed by atoms with Crippen molar-refractivity contribution in [3.8, 4) is 62.7 Å². The Balaban J connectivity index is 1.09. The van der Waals surface area contributed by atoms with Crippen molar-refractivity contribution in [3.63, 3.8) is 0 Å². The molecular weight excluding hydrogens is 839 g/mol. The summed E-state index contributed by atoms with van der Waals surface area (Å²) in [4.78, 5) is 19.0. The maximum absolute atomic E-state index is 9.95. The lowest BCUT2D eigenvalue weighted by atomic mass is 9.99. The Morgan fingerprint density at radius 1 is 0.433 bits per heavy atom. The van der Waals surface area contributed by atoms with Crippen LogP contribution < -0.4 is 0 Å². The molecule has 310 valence electrons. The van der Waals surface area contributed by atoms with Crippen LogP contribution in [0.2, 0.25) is 0 Å². The van der Waals surface area contributed by atoms with Crippen LogP contribution in [0.3, 0.4) is 0 Å². The van der Waals surface area contributed by atoms with Crippen molar-refractivity contribution in [2.24, 2.45) is 0 Å². The van der Waals surface area contributed by atoms with E-state index in [1.165, 1.54) is 0 Å². The van der Waals surface area contributed by atoms with Gasteiger partial charge in [-0.2, -0.15) is 5.26 Å². The van der Waals surface area contributed by atoms with E-state index in [1.54, 1.807) is 11.3 Å². The van der Waals surface area contributed by atoms with E-state index in [4.69, 9.17) is 21.5 Å². The van der Waals surface area contributed by atoms with Gasteiger partial charge in [-0.05, 0) is 77.7 Å². The molecule has 9 aromatic carbocycles. The summed E-state index contributed by atoms with van der Waals surface area (Å²) in [6, 6.07) is 71.1. The van der Waals surface area contributed by atoms with Gasteiger partial charge in [0.1, 0.15) is 0 Å². The number of hydrogen-bond acceptors (Lipinski definition) is 5. The average molecular weight is 872 g/mol. The van der Waals surface area contributed by atoms with Crippen LogP contribution >= 0.6 is 11.3 Å². The maximum Gasteiger partial charge on any atom is 0.188 e. The Labute approximate surface area is 388 Å². The number of fused-ring (bicyclic) bond motifs is 9. The third-order valence-electron chi connectivity index (χ3n) is 12.8. The monoisotopic (exact) mass is 871 g/mol. The molecule has 4 aromatic heterocycles. The molecule has 13 rings (SSSR count). The van der Waals surface area contributed by atoms with E-state index in [2.05, 4.69) is 135 Å². The Hall–Kier alpha value is -9.21. The van der Waals surface area contributed by atoms with Crippen molar-refractivity contribution in [3.05, 3.63) is 217 Å². The first kappa shape index (κ1) is 38.3. The molecule has 0 saturated carbocycles. The number of para-hydroxylation sites is 2. The molecule has 0 aliphatic heterocycles. The van der Waals surface area contributed by atoms with E-state index in [1.807, 2.05) is 84.9 Å². The van der Waals surface area contributed by atoms with Crippen LogP contribution in [0.5, 0.6) is 0 Å². The molecular formula is C59H33N7S. The first-order valence-electron chi connectivity index (χ1n) is 21.9. The number of rotatable bonds is 6. The van der Waals surface area contributed by atoms with Gasteiger partial charge in [0.15, 0.2) is 23.2 Å². The van der Waals surface area contributed by atoms with E-state index in [0.717, 1.165) is 103 Å². The van der Waals surface area contributed by atoms with Crippen LogP contribution in [0.25, 0.3) is 125 Å². The van der Waals surface area contributed by atoms with Gasteiger partial charge in [-0.1, -0.05) is 133 Å². The zero-order chi connectivity index (χ0) is 44.6. The third kappa shape index (κ3) is 6.13. The second-order valence-corrected chi connectivity index (χ2v) is 17.6. The predicted octanol–water partition coefficient (Wildman–Crippen LogP) is 15.5. The summed E-state index contributed by atoms with van der Waals surface area (Å²) in [6.07, 6.45) is 0. The molecule has 0 radical (unpaired) electrons. The average Bonchev–Trinajstić information content (AvgIpc) is 4.06. The minimum absolute atomic E-state index is 0.587. The molecule has 7 nitrogen and oxygen atoms in total. The molecule has 0 unspecified atom stereocenters. The largest absolute Gasteiger partial charge is 0.309 e. The molecule has 0 aliphatic rings. The number of benzene rings is 9. The topological polar surface area (TPSA) is 76.7 Å². The summed E-state index contributed by atoms with van der Waals surface area (Å²) in [5, 5.41) is 16.5. The Bertz CT molecular complexity index is 4190. The van der Waals surface area contributed by atoms with Crippen LogP contribution in [0.1, 0.15) is 5.56 Å². The van der Waals surface area contributed by atoms with E-state index in [9.17, 15) is 5.26 Å². The van der Waals surface area contributed by atoms with Gasteiger partial charge in [0.25, 0.3) is 0 Å². The fourth-order valence-corrected chi connectivity index (χ4v) is 11.1. The highest BCUT2D eigenvalue weighted by molar-refractivity contribution is 7.26. The van der Waals surface area contributed by atoms with Gasteiger partial charge >= 0.3 is 0 Å². The number of nitrogens with zero attached hydrogens (tertiary/aromatic N) is 7. The van der Waals surface area contributed by atoms with Crippen LogP contribution in [0.15, 0.2) is 200 Å². The van der Waals surface area contributed by atoms with Crippen molar-refractivity contribution < 1.29 is 0 Å². The molecule has 0 saturated heterocycles. The summed E-state index contributed by atoms with van der Waals surface area (Å²) in [5.41, 5.74) is 12.4. The highest BCUT2D eigenvalue weighted by Crippen LogP contribution is 2.47. The van der Waals surface area contributed by atoms with Crippen molar-refractivity contribution in [1.82, 2.24) is 24.1 Å². The molecule has 0 N–H and O–H groups in total. The quantitative estimate of drug-likeness (QED) is 0.156. The van der Waals surface area contributed by atoms with Crippen molar-refractivity contribution >= 4 is 80.8 Å². The summed E-state index contributed by atoms with van der Waals surface area (Å²) < 4.78 is 6.99. The van der Waals surface area contributed by atoms with Gasteiger partial charge in [-0.3, -0.25) is 0 Å². The SMILES string of the molecule is [C-]#[N+]c1ccc2c(c1)c1ccccc1n2-c1cccc2c1sc1c(-c3cccc(-c4nc(-c5ccccc5)nc(-c5ccccc5)n4)c3)cc(-n3c4ccccc4c4cc(C#N)ccc43)cc12. The highest BCUT2D eigenvalue weighted by Gasteiger charge is 2.22. The van der Waals surface area contributed by atoms with Gasteiger partial charge < -0.3 is 9.13 Å². The van der Waals surface area contributed by atoms with E-state index >= 15 is 0 Å². The number of hydrogen-bond donors (Lipinski definition) is 0. The lowest BCUT2D eigenvalue weighted by Crippen LogP contribution is -2.00. The van der Waals surface area contributed by atoms with Crippen LogP contribution in [0, 0.1) is 17.9 Å². The second kappa shape index (κ2) is 15.2. The van der Waals surface area contributed by atoms with E-state index < -0.39 is 0 Å². The molecule has 0 fully saturated rings. The fourth-order valence-electron chi connectivity index (χ4n) is 9.76. The summed E-state index contributed by atoms with van der Waals surface area (Å²) in [7, 11) is 0. The first-order valence-corrected chi connectivity index (χ1v) is 22.8. The van der Waals surface area contributed by atoms with Crippen molar-refractivity contribution in [2.75, 3.05) is 0 Å². The summed E-state index contributed by atoms with van der Waals surface area (Å²) >= 11 is 1.80. The van der Waals surface area contributed by atoms with Gasteiger partial charge in [-0.15, -0.1) is 11.3 Å². The molecule has 0 atom stereocenters. The van der Waals surface area contributed by atoms with Crippen molar-refractivity contribution in [1.29, 1.82) is 5.26 Å². The molecule has 0 bridgehead atoms. The molecule has 67 heavy (non-hydrogen) atoms. The lowest BCUT2D eigenvalue weighted by Gasteiger charge is -2.13. The standard InChI is InChI=1S/C59H33N7S/c1-61-41-27-29-53-48(32-41)44-21-9-11-24-51(44)66(53)54-25-13-22-45-49-34-42(65-50-23-10-8-20-43(50)47-30-36(35-60)26-28-52(47)65)33-46(55(49)67-56(45)54)39-18-12-19-40(31-39)59-63-57(37-14-4-2-5-15-37)62-58(64-59)38-16-6-3-7-17-38/h2-34H.